The quantitative estimate of drug-likeness (QED) is 0.722. The molecule has 160 valence electrons. The van der Waals surface area contributed by atoms with E-state index in [9.17, 15) is 26.8 Å². The Hall–Kier alpha value is -2.85. The summed E-state index contributed by atoms with van der Waals surface area (Å²) in [6, 6.07) is 5.11. The van der Waals surface area contributed by atoms with Crippen LogP contribution in [0.2, 0.25) is 0 Å². The van der Waals surface area contributed by atoms with Crippen LogP contribution >= 0.6 is 0 Å². The maximum Gasteiger partial charge on any atom is 0.305 e. The number of rotatable bonds is 6. The lowest BCUT2D eigenvalue weighted by atomic mass is 10.0. The van der Waals surface area contributed by atoms with Crippen LogP contribution in [0.1, 0.15) is 37.4 Å². The molecule has 0 fully saturated rings. The Kier molecular flexibility index (Phi) is 5.91. The lowest BCUT2D eigenvalue weighted by Crippen LogP contribution is -2.33. The zero-order valence-electron chi connectivity index (χ0n) is 16.2. The van der Waals surface area contributed by atoms with Crippen LogP contribution in [0.3, 0.4) is 0 Å². The second-order valence-corrected chi connectivity index (χ2v) is 8.92. The minimum atomic E-state index is -4.22. The Bertz CT molecular complexity index is 1100. The molecular formula is C20H20F2N2O5S. The van der Waals surface area contributed by atoms with Gasteiger partial charge in [-0.05, 0) is 54.8 Å². The van der Waals surface area contributed by atoms with Crippen LogP contribution in [0.5, 0.6) is 0 Å². The average Bonchev–Trinajstić information content (AvgIpc) is 2.94. The molecule has 30 heavy (non-hydrogen) atoms. The standard InChI is InChI=1S/C20H20F2N2O5S/c1-11-5-14-8-17(3-4-19(14)24(11)12(2)25)30(28,29)23-18(10-20(26)27)13-6-15(21)9-16(22)7-13/h3-4,6-9,11,18,23H,5,10H2,1-2H3,(H,26,27)/t11-,18-/m1/s1. The summed E-state index contributed by atoms with van der Waals surface area (Å²) in [7, 11) is -4.22. The van der Waals surface area contributed by atoms with Crippen molar-refractivity contribution < 1.29 is 31.9 Å². The fraction of sp³-hybridized carbons (Fsp3) is 0.300. The van der Waals surface area contributed by atoms with Crippen LogP contribution in [0.25, 0.3) is 0 Å². The van der Waals surface area contributed by atoms with Crippen molar-refractivity contribution in [3.8, 4) is 0 Å². The van der Waals surface area contributed by atoms with Gasteiger partial charge in [0.25, 0.3) is 0 Å². The van der Waals surface area contributed by atoms with Crippen LogP contribution in [-0.4, -0.2) is 31.4 Å². The number of benzene rings is 2. The molecule has 0 saturated heterocycles. The summed E-state index contributed by atoms with van der Waals surface area (Å²) in [6.07, 6.45) is -0.242. The minimum Gasteiger partial charge on any atom is -0.481 e. The topological polar surface area (TPSA) is 104 Å². The number of hydrogen-bond donors (Lipinski definition) is 2. The van der Waals surface area contributed by atoms with Crippen LogP contribution < -0.4 is 9.62 Å². The molecule has 1 amide bonds. The van der Waals surface area contributed by atoms with Crippen molar-refractivity contribution in [2.24, 2.45) is 0 Å². The largest absolute Gasteiger partial charge is 0.481 e. The second kappa shape index (κ2) is 8.11. The molecule has 2 aromatic rings. The molecular weight excluding hydrogens is 418 g/mol. The number of fused-ring (bicyclic) bond motifs is 1. The third-order valence-corrected chi connectivity index (χ3v) is 6.35. The number of nitrogens with one attached hydrogen (secondary N) is 1. The van der Waals surface area contributed by atoms with Gasteiger partial charge < -0.3 is 10.0 Å². The first-order valence-electron chi connectivity index (χ1n) is 9.11. The Morgan fingerprint density at radius 2 is 1.83 bits per heavy atom. The highest BCUT2D eigenvalue weighted by Crippen LogP contribution is 2.34. The van der Waals surface area contributed by atoms with Crippen molar-refractivity contribution >= 4 is 27.6 Å². The maximum absolute atomic E-state index is 13.6. The number of sulfonamides is 1. The van der Waals surface area contributed by atoms with E-state index in [0.29, 0.717) is 23.7 Å². The number of anilines is 1. The van der Waals surface area contributed by atoms with Crippen molar-refractivity contribution in [1.29, 1.82) is 0 Å². The summed E-state index contributed by atoms with van der Waals surface area (Å²) in [5, 5.41) is 9.13. The summed E-state index contributed by atoms with van der Waals surface area (Å²) in [5.74, 6) is -3.40. The van der Waals surface area contributed by atoms with Crippen molar-refractivity contribution in [3.05, 3.63) is 59.2 Å². The van der Waals surface area contributed by atoms with Crippen molar-refractivity contribution in [1.82, 2.24) is 4.72 Å². The molecule has 0 spiro atoms. The zero-order chi connectivity index (χ0) is 22.2. The molecule has 0 saturated carbocycles. The summed E-state index contributed by atoms with van der Waals surface area (Å²) in [4.78, 5) is 24.5. The van der Waals surface area contributed by atoms with E-state index in [0.717, 1.165) is 12.1 Å². The average molecular weight is 438 g/mol. The van der Waals surface area contributed by atoms with Gasteiger partial charge in [0, 0.05) is 24.7 Å². The Morgan fingerprint density at radius 1 is 1.20 bits per heavy atom. The first kappa shape index (κ1) is 21.8. The number of aliphatic carboxylic acids is 1. The van der Waals surface area contributed by atoms with E-state index in [1.54, 1.807) is 4.90 Å². The van der Waals surface area contributed by atoms with E-state index >= 15 is 0 Å². The molecule has 0 aliphatic carbocycles. The van der Waals surface area contributed by atoms with E-state index in [1.165, 1.54) is 25.1 Å². The predicted octanol–water partition coefficient (Wildman–Crippen LogP) is 2.76. The van der Waals surface area contributed by atoms with Gasteiger partial charge in [0.15, 0.2) is 0 Å². The first-order chi connectivity index (χ1) is 14.0. The van der Waals surface area contributed by atoms with Crippen molar-refractivity contribution in [2.45, 2.75) is 43.7 Å². The number of carbonyl (C=O) groups is 2. The number of hydrogen-bond acceptors (Lipinski definition) is 4. The van der Waals surface area contributed by atoms with Gasteiger partial charge in [-0.2, -0.15) is 0 Å². The second-order valence-electron chi connectivity index (χ2n) is 7.21. The molecule has 10 heteroatoms. The molecule has 1 aliphatic heterocycles. The normalized spacial score (nSPS) is 16.9. The predicted molar refractivity (Wildman–Crippen MR) is 104 cm³/mol. The molecule has 3 rings (SSSR count). The molecule has 2 atom stereocenters. The van der Waals surface area contributed by atoms with Crippen molar-refractivity contribution in [2.75, 3.05) is 4.90 Å². The molecule has 7 nitrogen and oxygen atoms in total. The van der Waals surface area contributed by atoms with E-state index in [4.69, 9.17) is 5.11 Å². The number of amides is 1. The molecule has 0 radical (unpaired) electrons. The molecule has 0 bridgehead atoms. The lowest BCUT2D eigenvalue weighted by molar-refractivity contribution is -0.137. The highest BCUT2D eigenvalue weighted by molar-refractivity contribution is 7.89. The number of carbonyl (C=O) groups excluding carboxylic acids is 1. The molecule has 2 N–H and O–H groups in total. The maximum atomic E-state index is 13.6. The van der Waals surface area contributed by atoms with Crippen molar-refractivity contribution in [3.63, 3.8) is 0 Å². The third kappa shape index (κ3) is 4.49. The minimum absolute atomic E-state index is 0.126. The van der Waals surface area contributed by atoms with Gasteiger partial charge in [-0.25, -0.2) is 21.9 Å². The molecule has 0 unspecified atom stereocenters. The summed E-state index contributed by atoms with van der Waals surface area (Å²) in [6.45, 7) is 3.27. The van der Waals surface area contributed by atoms with Gasteiger partial charge in [0.1, 0.15) is 11.6 Å². The Morgan fingerprint density at radius 3 is 2.40 bits per heavy atom. The number of carboxylic acid groups (broad SMARTS) is 1. The number of carboxylic acids is 1. The highest BCUT2D eigenvalue weighted by Gasteiger charge is 2.31. The SMILES string of the molecule is CC(=O)N1c2ccc(S(=O)(=O)N[C@H](CC(=O)O)c3cc(F)cc(F)c3)cc2C[C@H]1C. The molecule has 2 aromatic carbocycles. The first-order valence-corrected chi connectivity index (χ1v) is 10.6. The monoisotopic (exact) mass is 438 g/mol. The van der Waals surface area contributed by atoms with E-state index in [-0.39, 0.29) is 22.4 Å². The third-order valence-electron chi connectivity index (χ3n) is 4.88. The van der Waals surface area contributed by atoms with Crippen LogP contribution in [-0.2, 0) is 26.0 Å². The van der Waals surface area contributed by atoms with Gasteiger partial charge in [0.2, 0.25) is 15.9 Å². The molecule has 1 heterocycles. The summed E-state index contributed by atoms with van der Waals surface area (Å²) < 4.78 is 55.2. The van der Waals surface area contributed by atoms with Gasteiger partial charge >= 0.3 is 5.97 Å². The Balaban J connectivity index is 1.95. The van der Waals surface area contributed by atoms with E-state index in [1.807, 2.05) is 6.92 Å². The smallest absolute Gasteiger partial charge is 0.305 e. The summed E-state index contributed by atoms with van der Waals surface area (Å²) in [5.41, 5.74) is 1.13. The van der Waals surface area contributed by atoms with E-state index < -0.39 is 40.1 Å². The van der Waals surface area contributed by atoms with Gasteiger partial charge in [-0.1, -0.05) is 0 Å². The zero-order valence-corrected chi connectivity index (χ0v) is 17.0. The van der Waals surface area contributed by atoms with Crippen LogP contribution in [0.4, 0.5) is 14.5 Å². The molecule has 1 aliphatic rings. The lowest BCUT2D eigenvalue weighted by Gasteiger charge is -2.21. The van der Waals surface area contributed by atoms with Gasteiger partial charge in [-0.3, -0.25) is 9.59 Å². The fourth-order valence-electron chi connectivity index (χ4n) is 3.69. The summed E-state index contributed by atoms with van der Waals surface area (Å²) >= 11 is 0. The fourth-order valence-corrected chi connectivity index (χ4v) is 4.96. The highest BCUT2D eigenvalue weighted by atomic mass is 32.2. The number of halogens is 2. The van der Waals surface area contributed by atoms with Crippen LogP contribution in [0, 0.1) is 11.6 Å². The van der Waals surface area contributed by atoms with Crippen LogP contribution in [0.15, 0.2) is 41.3 Å². The number of nitrogens with zero attached hydrogens (tertiary/aromatic N) is 1. The molecule has 0 aromatic heterocycles. The van der Waals surface area contributed by atoms with Gasteiger partial charge in [-0.15, -0.1) is 0 Å². The van der Waals surface area contributed by atoms with Gasteiger partial charge in [0.05, 0.1) is 17.4 Å². The van der Waals surface area contributed by atoms with E-state index in [2.05, 4.69) is 4.72 Å². The Labute approximate surface area is 172 Å².